The Kier molecular flexibility index (Phi) is 15.1. The Morgan fingerprint density at radius 1 is 0.891 bits per heavy atom. The fourth-order valence-corrected chi connectivity index (χ4v) is 9.78. The Balaban J connectivity index is 1.01. The van der Waals surface area contributed by atoms with Gasteiger partial charge in [0.1, 0.15) is 0 Å². The molecule has 0 heterocycles. The third-order valence-corrected chi connectivity index (χ3v) is 12.6. The monoisotopic (exact) mass is 640 g/mol. The van der Waals surface area contributed by atoms with Crippen molar-refractivity contribution in [3.63, 3.8) is 0 Å². The SMILES string of the molecule is C=C(CCOCCOCCOCCNCCC(CCCC)C(=C)CCC)C1=CCC2C(=C1)CCC1(C)[C@H]2CC[C@]2(C)C(O)CC[C@@H]12. The quantitative estimate of drug-likeness (QED) is 0.0915. The lowest BCUT2D eigenvalue weighted by molar-refractivity contribution is -0.105. The van der Waals surface area contributed by atoms with E-state index < -0.39 is 0 Å². The molecule has 0 radical (unpaired) electrons. The summed E-state index contributed by atoms with van der Waals surface area (Å²) in [4.78, 5) is 0. The predicted molar refractivity (Wildman–Crippen MR) is 192 cm³/mol. The van der Waals surface area contributed by atoms with Gasteiger partial charge in [0.25, 0.3) is 0 Å². The highest BCUT2D eigenvalue weighted by Crippen LogP contribution is 2.67. The molecule has 0 bridgehead atoms. The van der Waals surface area contributed by atoms with Gasteiger partial charge in [-0.25, -0.2) is 0 Å². The lowest BCUT2D eigenvalue weighted by Gasteiger charge is -2.59. The van der Waals surface area contributed by atoms with Crippen LogP contribution in [0.2, 0.25) is 0 Å². The number of unbranched alkanes of at least 4 members (excludes halogenated alkanes) is 1. The molecule has 5 nitrogen and oxygen atoms in total. The van der Waals surface area contributed by atoms with Crippen LogP contribution in [-0.2, 0) is 14.2 Å². The van der Waals surface area contributed by atoms with Crippen LogP contribution in [0.1, 0.15) is 118 Å². The first kappa shape index (κ1) is 37.6. The zero-order chi connectivity index (χ0) is 33.0. The second kappa shape index (κ2) is 18.5. The van der Waals surface area contributed by atoms with Gasteiger partial charge in [0.2, 0.25) is 0 Å². The molecular weight excluding hydrogens is 570 g/mol. The van der Waals surface area contributed by atoms with E-state index in [0.717, 1.165) is 44.7 Å². The van der Waals surface area contributed by atoms with Crippen LogP contribution in [0.4, 0.5) is 0 Å². The van der Waals surface area contributed by atoms with Crippen molar-refractivity contribution in [1.29, 1.82) is 0 Å². The second-order valence-corrected chi connectivity index (χ2v) is 15.5. The minimum absolute atomic E-state index is 0.103. The van der Waals surface area contributed by atoms with Crippen molar-refractivity contribution >= 4 is 0 Å². The number of fused-ring (bicyclic) bond motifs is 5. The Bertz CT molecular complexity index is 1030. The number of aliphatic hydroxyl groups excluding tert-OH is 1. The molecule has 46 heavy (non-hydrogen) atoms. The van der Waals surface area contributed by atoms with E-state index in [0.29, 0.717) is 62.8 Å². The highest BCUT2D eigenvalue weighted by atomic mass is 16.5. The molecule has 0 saturated heterocycles. The molecule has 0 amide bonds. The van der Waals surface area contributed by atoms with Crippen LogP contribution < -0.4 is 5.32 Å². The van der Waals surface area contributed by atoms with Crippen LogP contribution >= 0.6 is 0 Å². The second-order valence-electron chi connectivity index (χ2n) is 15.5. The molecule has 3 fully saturated rings. The number of allylic oxidation sites excluding steroid dienone is 5. The van der Waals surface area contributed by atoms with E-state index >= 15 is 0 Å². The number of aliphatic hydroxyl groups is 1. The molecule has 0 aliphatic heterocycles. The van der Waals surface area contributed by atoms with Crippen molar-refractivity contribution in [3.05, 3.63) is 47.6 Å². The zero-order valence-electron chi connectivity index (χ0n) is 30.2. The van der Waals surface area contributed by atoms with Crippen LogP contribution in [0.15, 0.2) is 47.6 Å². The molecule has 0 aromatic carbocycles. The lowest BCUT2D eigenvalue weighted by Crippen LogP contribution is -2.53. The Morgan fingerprint density at radius 2 is 1.63 bits per heavy atom. The summed E-state index contributed by atoms with van der Waals surface area (Å²) in [6, 6.07) is 0. The van der Waals surface area contributed by atoms with E-state index in [-0.39, 0.29) is 11.5 Å². The molecule has 0 aromatic heterocycles. The first-order valence-corrected chi connectivity index (χ1v) is 19.1. The molecule has 262 valence electrons. The van der Waals surface area contributed by atoms with Gasteiger partial charge in [-0.3, -0.25) is 0 Å². The Hall–Kier alpha value is -1.24. The van der Waals surface area contributed by atoms with Crippen LogP contribution in [0, 0.1) is 34.5 Å². The van der Waals surface area contributed by atoms with E-state index in [9.17, 15) is 5.11 Å². The van der Waals surface area contributed by atoms with Gasteiger partial charge in [-0.05, 0) is 123 Å². The summed E-state index contributed by atoms with van der Waals surface area (Å²) in [6.45, 7) is 24.0. The minimum Gasteiger partial charge on any atom is -0.393 e. The highest BCUT2D eigenvalue weighted by molar-refractivity contribution is 5.44. The van der Waals surface area contributed by atoms with Gasteiger partial charge in [-0.15, -0.1) is 0 Å². The Morgan fingerprint density at radius 3 is 2.37 bits per heavy atom. The average molecular weight is 640 g/mol. The summed E-state index contributed by atoms with van der Waals surface area (Å²) < 4.78 is 17.3. The first-order valence-electron chi connectivity index (χ1n) is 19.1. The van der Waals surface area contributed by atoms with E-state index in [4.69, 9.17) is 14.2 Å². The molecule has 7 atom stereocenters. The number of hydrogen-bond donors (Lipinski definition) is 2. The largest absolute Gasteiger partial charge is 0.393 e. The highest BCUT2D eigenvalue weighted by Gasteiger charge is 2.61. The molecular formula is C41H69NO4. The fraction of sp³-hybridized carbons (Fsp3) is 0.805. The van der Waals surface area contributed by atoms with Crippen LogP contribution in [0.25, 0.3) is 0 Å². The summed E-state index contributed by atoms with van der Waals surface area (Å²) >= 11 is 0. The van der Waals surface area contributed by atoms with Crippen LogP contribution in [-0.4, -0.2) is 63.9 Å². The molecule has 4 aliphatic carbocycles. The van der Waals surface area contributed by atoms with Gasteiger partial charge in [0, 0.05) is 6.54 Å². The van der Waals surface area contributed by atoms with Crippen molar-refractivity contribution in [2.75, 3.05) is 52.7 Å². The first-order chi connectivity index (χ1) is 22.2. The summed E-state index contributed by atoms with van der Waals surface area (Å²) in [5.74, 6) is 2.76. The van der Waals surface area contributed by atoms with E-state index in [1.54, 1.807) is 5.57 Å². The number of rotatable bonds is 22. The van der Waals surface area contributed by atoms with Crippen molar-refractivity contribution in [2.24, 2.45) is 34.5 Å². The lowest BCUT2D eigenvalue weighted by atomic mass is 9.45. The van der Waals surface area contributed by atoms with Gasteiger partial charge >= 0.3 is 0 Å². The minimum atomic E-state index is -0.103. The number of ether oxygens (including phenoxy) is 3. The van der Waals surface area contributed by atoms with Crippen molar-refractivity contribution < 1.29 is 19.3 Å². The Labute approximate surface area is 282 Å². The molecule has 4 aliphatic rings. The van der Waals surface area contributed by atoms with Gasteiger partial charge in [0.15, 0.2) is 0 Å². The number of nitrogens with one attached hydrogen (secondary N) is 1. The summed E-state index contributed by atoms with van der Waals surface area (Å²) in [6.07, 6.45) is 21.3. The van der Waals surface area contributed by atoms with E-state index in [1.807, 2.05) is 0 Å². The fourth-order valence-electron chi connectivity index (χ4n) is 9.78. The van der Waals surface area contributed by atoms with Crippen molar-refractivity contribution in [2.45, 2.75) is 124 Å². The van der Waals surface area contributed by atoms with Gasteiger partial charge in [-0.1, -0.05) is 83.4 Å². The molecule has 4 rings (SSSR count). The molecule has 4 unspecified atom stereocenters. The molecule has 3 saturated carbocycles. The van der Waals surface area contributed by atoms with Gasteiger partial charge in [-0.2, -0.15) is 0 Å². The topological polar surface area (TPSA) is 60.0 Å². The maximum Gasteiger partial charge on any atom is 0.0701 e. The third kappa shape index (κ3) is 9.47. The predicted octanol–water partition coefficient (Wildman–Crippen LogP) is 8.98. The standard InChI is InChI=1S/C41H69NO4/c1-7-9-11-33(31(3)10-8-2)18-22-42-23-25-45-27-29-46-28-26-44-24-19-32(4)34-12-13-36-35(30-34)16-20-40(5)37(36)17-21-41(6)38(40)14-15-39(41)43/h12,30,33,36-39,42-43H,3-4,7-11,13-29H2,1-2,5-6H3/t33?,36?,37-,38-,39?,40?,41-/m0/s1. The number of hydrogen-bond acceptors (Lipinski definition) is 5. The molecule has 5 heteroatoms. The van der Waals surface area contributed by atoms with Gasteiger partial charge < -0.3 is 24.6 Å². The van der Waals surface area contributed by atoms with Crippen LogP contribution in [0.5, 0.6) is 0 Å². The van der Waals surface area contributed by atoms with Crippen LogP contribution in [0.3, 0.4) is 0 Å². The summed E-state index contributed by atoms with van der Waals surface area (Å²) in [5.41, 5.74) is 6.12. The summed E-state index contributed by atoms with van der Waals surface area (Å²) in [5, 5.41) is 14.3. The van der Waals surface area contributed by atoms with E-state index in [2.05, 4.69) is 58.3 Å². The maximum atomic E-state index is 10.8. The van der Waals surface area contributed by atoms with Crippen molar-refractivity contribution in [3.8, 4) is 0 Å². The molecule has 0 aromatic rings. The third-order valence-electron chi connectivity index (χ3n) is 12.6. The van der Waals surface area contributed by atoms with Gasteiger partial charge in [0.05, 0.1) is 45.7 Å². The summed E-state index contributed by atoms with van der Waals surface area (Å²) in [7, 11) is 0. The molecule has 0 spiro atoms. The molecule has 2 N–H and O–H groups in total. The normalized spacial score (nSPS) is 31.0. The smallest absolute Gasteiger partial charge is 0.0701 e. The zero-order valence-corrected chi connectivity index (χ0v) is 30.2. The van der Waals surface area contributed by atoms with Crippen molar-refractivity contribution in [1.82, 2.24) is 5.32 Å². The van der Waals surface area contributed by atoms with E-state index in [1.165, 1.54) is 80.9 Å². The maximum absolute atomic E-state index is 10.8. The average Bonchev–Trinajstić information content (AvgIpc) is 3.36.